The Bertz CT molecular complexity index is 682. The normalized spacial score (nSPS) is 10.3. The van der Waals surface area contributed by atoms with Crippen molar-refractivity contribution in [1.29, 1.82) is 0 Å². The van der Waals surface area contributed by atoms with Crippen molar-refractivity contribution >= 4 is 28.7 Å². The summed E-state index contributed by atoms with van der Waals surface area (Å²) >= 11 is 0. The maximum Gasteiger partial charge on any atom is 0.419 e. The van der Waals surface area contributed by atoms with Crippen LogP contribution in [0.5, 0.6) is 0 Å². The van der Waals surface area contributed by atoms with Crippen LogP contribution in [-0.4, -0.2) is 23.6 Å². The number of anilines is 1. The van der Waals surface area contributed by atoms with Gasteiger partial charge in [0.2, 0.25) is 0 Å². The first kappa shape index (κ1) is 11.9. The average Bonchev–Trinajstić information content (AvgIpc) is 2.64. The molecule has 0 saturated heterocycles. The zero-order chi connectivity index (χ0) is 13.3. The van der Waals surface area contributed by atoms with Gasteiger partial charge < -0.3 is 14.5 Å². The largest absolute Gasteiger partial charge is 0.462 e. The molecule has 2 aromatic rings. The summed E-state index contributed by atoms with van der Waals surface area (Å²) in [5, 5.41) is 2.35. The second kappa shape index (κ2) is 4.36. The number of rotatable bonds is 1. The molecule has 0 radical (unpaired) electrons. The van der Waals surface area contributed by atoms with Gasteiger partial charge in [0.05, 0.1) is 12.6 Å². The molecule has 0 atom stereocenters. The standard InChI is InChI=1S/C11H10N2O5/c1-13-7-5-6(12-9(14)10(15)17-2)3-4-8(7)18-11(13)16/h3-5H,1-2H3,(H,12,14). The summed E-state index contributed by atoms with van der Waals surface area (Å²) in [4.78, 5) is 33.5. The molecule has 1 aromatic heterocycles. The van der Waals surface area contributed by atoms with E-state index in [1.807, 2.05) is 0 Å². The Morgan fingerprint density at radius 2 is 2.11 bits per heavy atom. The fourth-order valence-electron chi connectivity index (χ4n) is 1.48. The van der Waals surface area contributed by atoms with Gasteiger partial charge in [-0.2, -0.15) is 0 Å². The highest BCUT2D eigenvalue weighted by molar-refractivity contribution is 6.37. The van der Waals surface area contributed by atoms with Crippen molar-refractivity contribution in [2.45, 2.75) is 0 Å². The molecule has 0 fully saturated rings. The molecule has 7 heteroatoms. The highest BCUT2D eigenvalue weighted by atomic mass is 16.5. The zero-order valence-electron chi connectivity index (χ0n) is 9.72. The van der Waals surface area contributed by atoms with Gasteiger partial charge in [0, 0.05) is 12.7 Å². The number of oxazole rings is 1. The molecule has 0 spiro atoms. The molecule has 2 rings (SSSR count). The van der Waals surface area contributed by atoms with Crippen LogP contribution in [0.1, 0.15) is 0 Å². The summed E-state index contributed by atoms with van der Waals surface area (Å²) in [5.74, 6) is -2.37. The first-order valence-electron chi connectivity index (χ1n) is 5.02. The number of aromatic nitrogens is 1. The SMILES string of the molecule is COC(=O)C(=O)Nc1ccc2oc(=O)n(C)c2c1. The third kappa shape index (κ3) is 1.97. The number of carbonyl (C=O) groups excluding carboxylic acids is 2. The van der Waals surface area contributed by atoms with E-state index >= 15 is 0 Å². The summed E-state index contributed by atoms with van der Waals surface area (Å²) in [6, 6.07) is 4.58. The van der Waals surface area contributed by atoms with E-state index < -0.39 is 17.6 Å². The Morgan fingerprint density at radius 1 is 1.39 bits per heavy atom. The van der Waals surface area contributed by atoms with Gasteiger partial charge in [-0.15, -0.1) is 0 Å². The van der Waals surface area contributed by atoms with Crippen LogP contribution in [-0.2, 0) is 21.4 Å². The maximum absolute atomic E-state index is 11.3. The number of hydrogen-bond acceptors (Lipinski definition) is 5. The number of carbonyl (C=O) groups is 2. The number of benzene rings is 1. The highest BCUT2D eigenvalue weighted by Crippen LogP contribution is 2.17. The molecule has 18 heavy (non-hydrogen) atoms. The number of nitrogens with one attached hydrogen (secondary N) is 1. The second-order valence-electron chi connectivity index (χ2n) is 3.56. The van der Waals surface area contributed by atoms with E-state index in [0.717, 1.165) is 7.11 Å². The molecule has 0 aliphatic rings. The predicted octanol–water partition coefficient (Wildman–Crippen LogP) is 0.243. The van der Waals surface area contributed by atoms with Crippen LogP contribution in [0.3, 0.4) is 0 Å². The number of esters is 1. The molecule has 7 nitrogen and oxygen atoms in total. The summed E-state index contributed by atoms with van der Waals surface area (Å²) in [6.07, 6.45) is 0. The lowest BCUT2D eigenvalue weighted by Crippen LogP contribution is -2.23. The third-order valence-corrected chi connectivity index (χ3v) is 2.42. The lowest BCUT2D eigenvalue weighted by Gasteiger charge is -2.03. The molecule has 0 unspecified atom stereocenters. The van der Waals surface area contributed by atoms with E-state index in [1.54, 1.807) is 7.05 Å². The van der Waals surface area contributed by atoms with Crippen molar-refractivity contribution in [1.82, 2.24) is 4.57 Å². The number of amides is 1. The molecule has 0 aliphatic carbocycles. The summed E-state index contributed by atoms with van der Waals surface area (Å²) < 4.78 is 10.5. The molecular formula is C11H10N2O5. The van der Waals surface area contributed by atoms with Crippen molar-refractivity contribution in [2.24, 2.45) is 7.05 Å². The van der Waals surface area contributed by atoms with Gasteiger partial charge in [-0.1, -0.05) is 0 Å². The molecule has 1 amide bonds. The van der Waals surface area contributed by atoms with Crippen LogP contribution < -0.4 is 11.1 Å². The molecule has 0 aliphatic heterocycles. The van der Waals surface area contributed by atoms with E-state index in [2.05, 4.69) is 10.1 Å². The van der Waals surface area contributed by atoms with E-state index in [0.29, 0.717) is 16.8 Å². The monoisotopic (exact) mass is 250 g/mol. The zero-order valence-corrected chi connectivity index (χ0v) is 9.72. The Morgan fingerprint density at radius 3 is 2.78 bits per heavy atom. The van der Waals surface area contributed by atoms with E-state index in [4.69, 9.17) is 4.42 Å². The van der Waals surface area contributed by atoms with Gasteiger partial charge in [-0.25, -0.2) is 9.59 Å². The minimum Gasteiger partial charge on any atom is -0.462 e. The number of nitrogens with zero attached hydrogens (tertiary/aromatic N) is 1. The van der Waals surface area contributed by atoms with Crippen LogP contribution in [0.4, 0.5) is 5.69 Å². The van der Waals surface area contributed by atoms with Crippen LogP contribution in [0, 0.1) is 0 Å². The van der Waals surface area contributed by atoms with Crippen molar-refractivity contribution in [3.8, 4) is 0 Å². The fourth-order valence-corrected chi connectivity index (χ4v) is 1.48. The number of ether oxygens (including phenoxy) is 1. The van der Waals surface area contributed by atoms with E-state index in [-0.39, 0.29) is 0 Å². The van der Waals surface area contributed by atoms with Gasteiger partial charge in [-0.3, -0.25) is 9.36 Å². The van der Waals surface area contributed by atoms with Crippen molar-refractivity contribution in [2.75, 3.05) is 12.4 Å². The molecule has 94 valence electrons. The van der Waals surface area contributed by atoms with Gasteiger partial charge in [0.25, 0.3) is 0 Å². The molecule has 1 heterocycles. The smallest absolute Gasteiger partial charge is 0.419 e. The van der Waals surface area contributed by atoms with E-state index in [1.165, 1.54) is 22.8 Å². The first-order valence-corrected chi connectivity index (χ1v) is 5.02. The van der Waals surface area contributed by atoms with Crippen molar-refractivity contribution in [3.05, 3.63) is 28.7 Å². The molecule has 0 bridgehead atoms. The predicted molar refractivity (Wildman–Crippen MR) is 62.1 cm³/mol. The van der Waals surface area contributed by atoms with Crippen LogP contribution in [0.15, 0.2) is 27.4 Å². The lowest BCUT2D eigenvalue weighted by atomic mass is 10.3. The van der Waals surface area contributed by atoms with Crippen LogP contribution >= 0.6 is 0 Å². The molecule has 1 N–H and O–H groups in total. The Hall–Kier alpha value is -2.57. The lowest BCUT2D eigenvalue weighted by molar-refractivity contribution is -0.150. The topological polar surface area (TPSA) is 90.5 Å². The Balaban J connectivity index is 2.36. The minimum absolute atomic E-state index is 0.370. The van der Waals surface area contributed by atoms with Crippen molar-refractivity contribution < 1.29 is 18.7 Å². The first-order chi connectivity index (χ1) is 8.52. The van der Waals surface area contributed by atoms with Gasteiger partial charge in [0.1, 0.15) is 0 Å². The minimum atomic E-state index is -0.990. The van der Waals surface area contributed by atoms with E-state index in [9.17, 15) is 14.4 Å². The fraction of sp³-hybridized carbons (Fsp3) is 0.182. The van der Waals surface area contributed by atoms with Gasteiger partial charge in [0.15, 0.2) is 5.58 Å². The quantitative estimate of drug-likeness (QED) is 0.578. The second-order valence-corrected chi connectivity index (χ2v) is 3.56. The summed E-state index contributed by atoms with van der Waals surface area (Å²) in [6.45, 7) is 0. The van der Waals surface area contributed by atoms with Crippen molar-refractivity contribution in [3.63, 3.8) is 0 Å². The van der Waals surface area contributed by atoms with Crippen LogP contribution in [0.2, 0.25) is 0 Å². The van der Waals surface area contributed by atoms with Gasteiger partial charge in [-0.05, 0) is 18.2 Å². The number of aryl methyl sites for hydroxylation is 1. The summed E-state index contributed by atoms with van der Waals surface area (Å²) in [5.41, 5.74) is 1.29. The third-order valence-electron chi connectivity index (χ3n) is 2.42. The molecule has 0 saturated carbocycles. The highest BCUT2D eigenvalue weighted by Gasteiger charge is 2.14. The number of methoxy groups -OCH3 is 1. The molecule has 1 aromatic carbocycles. The van der Waals surface area contributed by atoms with Gasteiger partial charge >= 0.3 is 17.6 Å². The number of hydrogen-bond donors (Lipinski definition) is 1. The maximum atomic E-state index is 11.3. The summed E-state index contributed by atoms with van der Waals surface area (Å²) in [7, 11) is 2.66. The number of fused-ring (bicyclic) bond motifs is 1. The Kier molecular flexibility index (Phi) is 2.88. The molecular weight excluding hydrogens is 240 g/mol. The average molecular weight is 250 g/mol. The van der Waals surface area contributed by atoms with Crippen LogP contribution in [0.25, 0.3) is 11.1 Å². The Labute approximate surface area is 101 Å².